The summed E-state index contributed by atoms with van der Waals surface area (Å²) in [6, 6.07) is 9.24. The lowest BCUT2D eigenvalue weighted by Crippen LogP contribution is -2.42. The van der Waals surface area contributed by atoms with E-state index in [2.05, 4.69) is 0 Å². The van der Waals surface area contributed by atoms with Crippen molar-refractivity contribution in [2.24, 2.45) is 0 Å². The van der Waals surface area contributed by atoms with Crippen LogP contribution in [0, 0.1) is 0 Å². The third-order valence-corrected chi connectivity index (χ3v) is 8.23. The van der Waals surface area contributed by atoms with Crippen molar-refractivity contribution in [3.8, 4) is 5.75 Å². The molecular weight excluding hydrogens is 422 g/mol. The van der Waals surface area contributed by atoms with Crippen molar-refractivity contribution in [2.75, 3.05) is 24.4 Å². The number of hydrogen-bond acceptors (Lipinski definition) is 7. The third-order valence-electron chi connectivity index (χ3n) is 4.49. The number of sulfone groups is 2. The van der Waals surface area contributed by atoms with Gasteiger partial charge in [0, 0.05) is 17.2 Å². The van der Waals surface area contributed by atoms with Crippen LogP contribution in [0.1, 0.15) is 11.3 Å². The van der Waals surface area contributed by atoms with Crippen LogP contribution < -0.4 is 4.74 Å². The van der Waals surface area contributed by atoms with Crippen molar-refractivity contribution < 1.29 is 26.4 Å². The first-order valence-corrected chi connectivity index (χ1v) is 13.2. The molecule has 0 radical (unpaired) electrons. The summed E-state index contributed by atoms with van der Waals surface area (Å²) in [5, 5.41) is 1.91. The van der Waals surface area contributed by atoms with Crippen LogP contribution in [0.25, 0.3) is 0 Å². The zero-order valence-corrected chi connectivity index (χ0v) is 17.7. The molecule has 1 fully saturated rings. The number of carbonyl (C=O) groups excluding carboxylic acids is 1. The Kier molecular flexibility index (Phi) is 6.11. The van der Waals surface area contributed by atoms with Crippen LogP contribution in [-0.2, 0) is 31.0 Å². The second kappa shape index (κ2) is 8.22. The summed E-state index contributed by atoms with van der Waals surface area (Å²) in [7, 11) is -6.43. The molecule has 152 valence electrons. The second-order valence-corrected chi connectivity index (χ2v) is 12.0. The second-order valence-electron chi connectivity index (χ2n) is 6.69. The molecule has 1 aromatic carbocycles. The number of ether oxygens (including phenoxy) is 1. The van der Waals surface area contributed by atoms with E-state index in [1.165, 1.54) is 35.6 Å². The van der Waals surface area contributed by atoms with E-state index < -0.39 is 19.7 Å². The summed E-state index contributed by atoms with van der Waals surface area (Å²) in [6.45, 7) is 0.0905. The minimum absolute atomic E-state index is 0.0346. The summed E-state index contributed by atoms with van der Waals surface area (Å²) in [6.07, 6.45) is 1.53. The van der Waals surface area contributed by atoms with Crippen LogP contribution in [0.3, 0.4) is 0 Å². The third kappa shape index (κ3) is 5.33. The largest absolute Gasteiger partial charge is 0.484 e. The fraction of sp³-hybridized carbons (Fsp3) is 0.389. The molecule has 0 aliphatic carbocycles. The molecule has 1 unspecified atom stereocenters. The molecule has 2 heterocycles. The van der Waals surface area contributed by atoms with Gasteiger partial charge in [-0.15, -0.1) is 11.3 Å². The SMILES string of the molecule is CS(=O)(=O)c1ccc(OCC(=O)N(Cc2cccs2)C2CCS(=O)(=O)C2)cc1. The molecule has 1 aliphatic rings. The number of rotatable bonds is 7. The Morgan fingerprint density at radius 2 is 1.96 bits per heavy atom. The van der Waals surface area contributed by atoms with Gasteiger partial charge in [0.2, 0.25) is 0 Å². The van der Waals surface area contributed by atoms with Gasteiger partial charge in [-0.3, -0.25) is 4.79 Å². The van der Waals surface area contributed by atoms with E-state index in [4.69, 9.17) is 4.74 Å². The molecule has 1 amide bonds. The number of amides is 1. The molecule has 10 heteroatoms. The standard InChI is InChI=1S/C18H21NO6S3/c1-27(21,22)17-6-4-15(5-7-17)25-12-18(20)19(11-16-3-2-9-26-16)14-8-10-28(23,24)13-14/h2-7,9,14H,8,10-13H2,1H3. The monoisotopic (exact) mass is 443 g/mol. The van der Waals surface area contributed by atoms with Crippen LogP contribution >= 0.6 is 11.3 Å². The summed E-state index contributed by atoms with van der Waals surface area (Å²) >= 11 is 1.50. The average Bonchev–Trinajstić information content (AvgIpc) is 3.26. The summed E-state index contributed by atoms with van der Waals surface area (Å²) in [4.78, 5) is 15.5. The van der Waals surface area contributed by atoms with Crippen molar-refractivity contribution in [2.45, 2.75) is 23.9 Å². The van der Waals surface area contributed by atoms with Crippen LogP contribution in [0.4, 0.5) is 0 Å². The van der Waals surface area contributed by atoms with E-state index in [0.717, 1.165) is 11.1 Å². The van der Waals surface area contributed by atoms with Crippen molar-refractivity contribution in [1.82, 2.24) is 4.90 Å². The molecule has 0 N–H and O–H groups in total. The summed E-state index contributed by atoms with van der Waals surface area (Å²) < 4.78 is 52.2. The van der Waals surface area contributed by atoms with E-state index in [1.54, 1.807) is 4.90 Å². The van der Waals surface area contributed by atoms with Crippen LogP contribution in [-0.4, -0.2) is 58.1 Å². The maximum Gasteiger partial charge on any atom is 0.261 e. The van der Waals surface area contributed by atoms with Crippen LogP contribution in [0.5, 0.6) is 5.75 Å². The molecule has 1 aliphatic heterocycles. The number of thiophene rings is 1. The zero-order valence-electron chi connectivity index (χ0n) is 15.3. The molecular formula is C18H21NO6S3. The molecule has 1 aromatic heterocycles. The van der Waals surface area contributed by atoms with Gasteiger partial charge in [0.15, 0.2) is 26.3 Å². The van der Waals surface area contributed by atoms with Crippen molar-refractivity contribution >= 4 is 36.9 Å². The predicted molar refractivity (Wildman–Crippen MR) is 107 cm³/mol. The molecule has 0 bridgehead atoms. The van der Waals surface area contributed by atoms with Gasteiger partial charge in [0.25, 0.3) is 5.91 Å². The van der Waals surface area contributed by atoms with Gasteiger partial charge >= 0.3 is 0 Å². The highest BCUT2D eigenvalue weighted by Crippen LogP contribution is 2.22. The van der Waals surface area contributed by atoms with Gasteiger partial charge in [-0.25, -0.2) is 16.8 Å². The fourth-order valence-corrected chi connectivity index (χ4v) is 6.09. The first kappa shape index (κ1) is 20.8. The Bertz CT molecular complexity index is 1030. The van der Waals surface area contributed by atoms with E-state index >= 15 is 0 Å². The highest BCUT2D eigenvalue weighted by Gasteiger charge is 2.35. The maximum absolute atomic E-state index is 12.8. The van der Waals surface area contributed by atoms with Crippen molar-refractivity contribution in [1.29, 1.82) is 0 Å². The van der Waals surface area contributed by atoms with Crippen LogP contribution in [0.2, 0.25) is 0 Å². The van der Waals surface area contributed by atoms with Gasteiger partial charge in [-0.1, -0.05) is 6.07 Å². The van der Waals surface area contributed by atoms with Crippen molar-refractivity contribution in [3.05, 3.63) is 46.7 Å². The highest BCUT2D eigenvalue weighted by atomic mass is 32.2. The predicted octanol–water partition coefficient (Wildman–Crippen LogP) is 1.75. The van der Waals surface area contributed by atoms with E-state index in [-0.39, 0.29) is 35.0 Å². The minimum atomic E-state index is -3.30. The van der Waals surface area contributed by atoms with Gasteiger partial charge in [0.1, 0.15) is 5.75 Å². The van der Waals surface area contributed by atoms with Gasteiger partial charge in [0.05, 0.1) is 22.9 Å². The smallest absolute Gasteiger partial charge is 0.261 e. The minimum Gasteiger partial charge on any atom is -0.484 e. The Balaban J connectivity index is 1.69. The molecule has 7 nitrogen and oxygen atoms in total. The molecule has 1 atom stereocenters. The van der Waals surface area contributed by atoms with Gasteiger partial charge < -0.3 is 9.64 Å². The highest BCUT2D eigenvalue weighted by molar-refractivity contribution is 7.91. The molecule has 28 heavy (non-hydrogen) atoms. The first-order chi connectivity index (χ1) is 13.1. The lowest BCUT2D eigenvalue weighted by molar-refractivity contribution is -0.135. The van der Waals surface area contributed by atoms with E-state index in [0.29, 0.717) is 18.7 Å². The molecule has 0 saturated carbocycles. The lowest BCUT2D eigenvalue weighted by Gasteiger charge is -2.28. The van der Waals surface area contributed by atoms with Gasteiger partial charge in [-0.05, 0) is 42.1 Å². The quantitative estimate of drug-likeness (QED) is 0.647. The summed E-state index contributed by atoms with van der Waals surface area (Å²) in [5.74, 6) is 0.117. The maximum atomic E-state index is 12.8. The Morgan fingerprint density at radius 3 is 2.50 bits per heavy atom. The van der Waals surface area contributed by atoms with E-state index in [9.17, 15) is 21.6 Å². The van der Waals surface area contributed by atoms with Gasteiger partial charge in [-0.2, -0.15) is 0 Å². The zero-order chi connectivity index (χ0) is 20.4. The Morgan fingerprint density at radius 1 is 1.25 bits per heavy atom. The number of nitrogens with zero attached hydrogens (tertiary/aromatic N) is 1. The van der Waals surface area contributed by atoms with E-state index in [1.807, 2.05) is 17.5 Å². The average molecular weight is 444 g/mol. The molecule has 2 aromatic rings. The number of benzene rings is 1. The summed E-state index contributed by atoms with van der Waals surface area (Å²) in [5.41, 5.74) is 0. The topological polar surface area (TPSA) is 97.8 Å². The number of hydrogen-bond donors (Lipinski definition) is 0. The lowest BCUT2D eigenvalue weighted by atomic mass is 10.2. The van der Waals surface area contributed by atoms with Crippen LogP contribution in [0.15, 0.2) is 46.7 Å². The Hall–Kier alpha value is -1.91. The molecule has 1 saturated heterocycles. The fourth-order valence-electron chi connectivity index (χ4n) is 3.02. The molecule has 3 rings (SSSR count). The number of carbonyl (C=O) groups is 1. The normalized spacial score (nSPS) is 18.7. The van der Waals surface area contributed by atoms with Crippen molar-refractivity contribution in [3.63, 3.8) is 0 Å². The molecule has 0 spiro atoms. The first-order valence-electron chi connectivity index (χ1n) is 8.59. The Labute approximate surface area is 168 Å².